The van der Waals surface area contributed by atoms with Gasteiger partial charge in [0.1, 0.15) is 5.03 Å². The molecular formula is C16H20BrCl2N3OS. The molecule has 0 fully saturated rings. The first-order valence-electron chi connectivity index (χ1n) is 7.02. The predicted molar refractivity (Wildman–Crippen MR) is 108 cm³/mol. The minimum absolute atomic E-state index is 0. The van der Waals surface area contributed by atoms with E-state index in [4.69, 9.17) is 0 Å². The second kappa shape index (κ2) is 12.6. The Kier molecular flexibility index (Phi) is 12.1. The van der Waals surface area contributed by atoms with Crippen LogP contribution in [0, 0.1) is 0 Å². The molecule has 0 aliphatic heterocycles. The lowest BCUT2D eigenvalue weighted by molar-refractivity contribution is 0.0950. The fraction of sp³-hybridized carbons (Fsp3) is 0.250. The van der Waals surface area contributed by atoms with Gasteiger partial charge in [0.25, 0.3) is 5.91 Å². The van der Waals surface area contributed by atoms with Gasteiger partial charge in [0.15, 0.2) is 0 Å². The molecule has 0 spiro atoms. The number of aromatic nitrogens is 1. The van der Waals surface area contributed by atoms with Gasteiger partial charge in [0.05, 0.1) is 5.56 Å². The molecule has 0 saturated heterocycles. The molecule has 132 valence electrons. The second-order valence-electron chi connectivity index (χ2n) is 4.63. The summed E-state index contributed by atoms with van der Waals surface area (Å²) >= 11 is 4.86. The van der Waals surface area contributed by atoms with Gasteiger partial charge in [-0.15, -0.1) is 24.8 Å². The van der Waals surface area contributed by atoms with Crippen LogP contribution in [0.5, 0.6) is 0 Å². The number of carbonyl (C=O) groups excluding carboxylic acids is 1. The van der Waals surface area contributed by atoms with Crippen LogP contribution in [-0.4, -0.2) is 31.0 Å². The molecule has 2 rings (SSSR count). The molecular weight excluding hydrogens is 433 g/mol. The van der Waals surface area contributed by atoms with E-state index in [1.54, 1.807) is 6.20 Å². The Balaban J connectivity index is 0.00000264. The van der Waals surface area contributed by atoms with Crippen LogP contribution in [0.15, 0.2) is 57.0 Å². The summed E-state index contributed by atoms with van der Waals surface area (Å²) in [5.74, 6) is -0.0451. The number of halogens is 3. The normalized spacial score (nSPS) is 9.58. The van der Waals surface area contributed by atoms with Crippen molar-refractivity contribution in [2.24, 2.45) is 0 Å². The van der Waals surface area contributed by atoms with Gasteiger partial charge in [-0.1, -0.05) is 23.9 Å². The fourth-order valence-electron chi connectivity index (χ4n) is 1.84. The maximum atomic E-state index is 12.3. The Hall–Kier alpha value is -0.790. The lowest BCUT2D eigenvalue weighted by Gasteiger charge is -2.09. The van der Waals surface area contributed by atoms with Gasteiger partial charge in [-0.05, 0) is 60.2 Å². The minimum atomic E-state index is -0.0451. The van der Waals surface area contributed by atoms with Crippen molar-refractivity contribution in [1.82, 2.24) is 15.6 Å². The molecule has 0 unspecified atom stereocenters. The summed E-state index contributed by atoms with van der Waals surface area (Å²) in [5.41, 5.74) is 0.682. The lowest BCUT2D eigenvalue weighted by atomic mass is 10.2. The number of nitrogens with zero attached hydrogens (tertiary/aromatic N) is 1. The fourth-order valence-corrected chi connectivity index (χ4v) is 2.96. The monoisotopic (exact) mass is 451 g/mol. The average Bonchev–Trinajstić information content (AvgIpc) is 2.54. The van der Waals surface area contributed by atoms with Crippen molar-refractivity contribution in [2.45, 2.75) is 16.3 Å². The van der Waals surface area contributed by atoms with Gasteiger partial charge in [0.2, 0.25) is 0 Å². The molecule has 2 N–H and O–H groups in total. The molecule has 4 nitrogen and oxygen atoms in total. The highest BCUT2D eigenvalue weighted by Gasteiger charge is 2.11. The van der Waals surface area contributed by atoms with E-state index in [1.807, 2.05) is 43.4 Å². The zero-order valence-electron chi connectivity index (χ0n) is 13.1. The minimum Gasteiger partial charge on any atom is -0.352 e. The van der Waals surface area contributed by atoms with E-state index in [2.05, 4.69) is 31.5 Å². The van der Waals surface area contributed by atoms with E-state index in [0.29, 0.717) is 12.1 Å². The molecule has 2 aromatic rings. The molecule has 0 bridgehead atoms. The van der Waals surface area contributed by atoms with Crippen LogP contribution < -0.4 is 10.6 Å². The Bertz CT molecular complexity index is 629. The van der Waals surface area contributed by atoms with Gasteiger partial charge < -0.3 is 10.6 Å². The van der Waals surface area contributed by atoms with Crippen LogP contribution in [-0.2, 0) is 0 Å². The highest BCUT2D eigenvalue weighted by molar-refractivity contribution is 9.10. The molecule has 8 heteroatoms. The third-order valence-electron chi connectivity index (χ3n) is 2.94. The largest absolute Gasteiger partial charge is 0.352 e. The molecule has 0 aliphatic carbocycles. The third kappa shape index (κ3) is 7.40. The first kappa shape index (κ1) is 23.2. The number of hydrogen-bond acceptors (Lipinski definition) is 4. The smallest absolute Gasteiger partial charge is 0.252 e. The Morgan fingerprint density at radius 1 is 1.17 bits per heavy atom. The summed E-state index contributed by atoms with van der Waals surface area (Å²) < 4.78 is 0.937. The second-order valence-corrected chi connectivity index (χ2v) is 6.60. The standard InChI is InChI=1S/C16H18BrN3OS.2ClH/c1-18-9-4-10-19-16(21)13-5-2-3-6-14(13)22-15-8-7-12(17)11-20-15;;/h2-3,5-8,11,18H,4,9-10H2,1H3,(H,19,21);2*1H. The van der Waals surface area contributed by atoms with Crippen molar-refractivity contribution < 1.29 is 4.79 Å². The zero-order chi connectivity index (χ0) is 15.8. The first-order valence-corrected chi connectivity index (χ1v) is 8.63. The average molecular weight is 453 g/mol. The van der Waals surface area contributed by atoms with Crippen LogP contribution >= 0.6 is 52.5 Å². The number of carbonyl (C=O) groups is 1. The van der Waals surface area contributed by atoms with E-state index >= 15 is 0 Å². The van der Waals surface area contributed by atoms with Crippen molar-refractivity contribution in [2.75, 3.05) is 20.1 Å². The van der Waals surface area contributed by atoms with Gasteiger partial charge in [-0.25, -0.2) is 4.98 Å². The number of benzene rings is 1. The maximum Gasteiger partial charge on any atom is 0.252 e. The lowest BCUT2D eigenvalue weighted by Crippen LogP contribution is -2.27. The first-order chi connectivity index (χ1) is 10.7. The number of nitrogens with one attached hydrogen (secondary N) is 2. The van der Waals surface area contributed by atoms with E-state index in [-0.39, 0.29) is 30.7 Å². The molecule has 0 aliphatic rings. The number of pyridine rings is 1. The Morgan fingerprint density at radius 2 is 1.92 bits per heavy atom. The Morgan fingerprint density at radius 3 is 2.58 bits per heavy atom. The molecule has 0 atom stereocenters. The van der Waals surface area contributed by atoms with Crippen LogP contribution in [0.3, 0.4) is 0 Å². The maximum absolute atomic E-state index is 12.3. The summed E-state index contributed by atoms with van der Waals surface area (Å²) in [4.78, 5) is 17.5. The van der Waals surface area contributed by atoms with Crippen LogP contribution in [0.2, 0.25) is 0 Å². The van der Waals surface area contributed by atoms with Crippen molar-refractivity contribution >= 4 is 58.4 Å². The van der Waals surface area contributed by atoms with Crippen molar-refractivity contribution in [3.8, 4) is 0 Å². The van der Waals surface area contributed by atoms with E-state index < -0.39 is 0 Å². The topological polar surface area (TPSA) is 54.0 Å². The van der Waals surface area contributed by atoms with E-state index in [9.17, 15) is 4.79 Å². The van der Waals surface area contributed by atoms with Crippen LogP contribution in [0.1, 0.15) is 16.8 Å². The molecule has 1 aromatic carbocycles. The summed E-state index contributed by atoms with van der Waals surface area (Å²) in [7, 11) is 1.90. The number of hydrogen-bond donors (Lipinski definition) is 2. The predicted octanol–water partition coefficient (Wildman–Crippen LogP) is 4.18. The SMILES string of the molecule is CNCCCNC(=O)c1ccccc1Sc1ccc(Br)cn1.Cl.Cl. The molecule has 1 amide bonds. The molecule has 1 aromatic heterocycles. The van der Waals surface area contributed by atoms with Crippen LogP contribution in [0.4, 0.5) is 0 Å². The molecule has 0 radical (unpaired) electrons. The summed E-state index contributed by atoms with van der Waals surface area (Å²) in [5, 5.41) is 6.87. The number of rotatable bonds is 7. The third-order valence-corrected chi connectivity index (χ3v) is 4.43. The Labute approximate surface area is 167 Å². The van der Waals surface area contributed by atoms with Crippen molar-refractivity contribution in [3.63, 3.8) is 0 Å². The summed E-state index contributed by atoms with van der Waals surface area (Å²) in [6, 6.07) is 11.5. The summed E-state index contributed by atoms with van der Waals surface area (Å²) in [6.45, 7) is 1.55. The quantitative estimate of drug-likeness (QED) is 0.618. The van der Waals surface area contributed by atoms with E-state index in [0.717, 1.165) is 27.4 Å². The highest BCUT2D eigenvalue weighted by atomic mass is 79.9. The van der Waals surface area contributed by atoms with Crippen molar-refractivity contribution in [1.29, 1.82) is 0 Å². The van der Waals surface area contributed by atoms with Gasteiger partial charge in [-0.2, -0.15) is 0 Å². The van der Waals surface area contributed by atoms with E-state index in [1.165, 1.54) is 11.8 Å². The zero-order valence-corrected chi connectivity index (χ0v) is 17.2. The molecule has 0 saturated carbocycles. The number of amides is 1. The van der Waals surface area contributed by atoms with Gasteiger partial charge in [-0.3, -0.25) is 4.79 Å². The van der Waals surface area contributed by atoms with Crippen molar-refractivity contribution in [3.05, 3.63) is 52.6 Å². The summed E-state index contributed by atoms with van der Waals surface area (Å²) in [6.07, 6.45) is 2.66. The van der Waals surface area contributed by atoms with Crippen LogP contribution in [0.25, 0.3) is 0 Å². The molecule has 24 heavy (non-hydrogen) atoms. The highest BCUT2D eigenvalue weighted by Crippen LogP contribution is 2.29. The van der Waals surface area contributed by atoms with Gasteiger partial charge in [0, 0.05) is 22.1 Å². The van der Waals surface area contributed by atoms with Gasteiger partial charge >= 0.3 is 0 Å². The molecule has 1 heterocycles.